The van der Waals surface area contributed by atoms with Gasteiger partial charge in [0.15, 0.2) is 0 Å². The van der Waals surface area contributed by atoms with Gasteiger partial charge in [0.25, 0.3) is 0 Å². The molecule has 0 aliphatic heterocycles. The minimum absolute atomic E-state index is 0.173. The van der Waals surface area contributed by atoms with Gasteiger partial charge < -0.3 is 20.9 Å². The predicted octanol–water partition coefficient (Wildman–Crippen LogP) is 1.63. The molecule has 0 amide bonds. The first kappa shape index (κ1) is 13.0. The van der Waals surface area contributed by atoms with Crippen molar-refractivity contribution in [1.29, 1.82) is 0 Å². The average molecular weight is 251 g/mol. The lowest BCUT2D eigenvalue weighted by Crippen LogP contribution is -2.39. The zero-order valence-corrected chi connectivity index (χ0v) is 10.9. The molecule has 1 fully saturated rings. The van der Waals surface area contributed by atoms with E-state index >= 15 is 0 Å². The van der Waals surface area contributed by atoms with Crippen LogP contribution in [0.2, 0.25) is 0 Å². The van der Waals surface area contributed by atoms with Crippen molar-refractivity contribution < 1.29 is 9.84 Å². The molecule has 4 N–H and O–H groups in total. The van der Waals surface area contributed by atoms with Crippen molar-refractivity contribution in [3.05, 3.63) is 12.1 Å². The lowest BCUT2D eigenvalue weighted by molar-refractivity contribution is 0.0835. The molecule has 0 aromatic carbocycles. The standard InChI is InChI=1S/C13H21N3O2/c1-8(2)7-18-13-11(14)3-4-12(16-13)15-9-5-10(17)6-9/h3-4,8-10,17H,5-7,14H2,1-2H3,(H,15,16). The third kappa shape index (κ3) is 3.26. The molecular formula is C13H21N3O2. The molecule has 0 bridgehead atoms. The van der Waals surface area contributed by atoms with Crippen LogP contribution in [0, 0.1) is 5.92 Å². The highest BCUT2D eigenvalue weighted by Gasteiger charge is 2.27. The summed E-state index contributed by atoms with van der Waals surface area (Å²) in [5.74, 6) is 1.66. The van der Waals surface area contributed by atoms with Gasteiger partial charge in [-0.2, -0.15) is 4.98 Å². The van der Waals surface area contributed by atoms with Gasteiger partial charge in [-0.25, -0.2) is 0 Å². The average Bonchev–Trinajstić information content (AvgIpc) is 2.27. The van der Waals surface area contributed by atoms with Gasteiger partial charge in [0.1, 0.15) is 5.82 Å². The van der Waals surface area contributed by atoms with Crippen LogP contribution in [0.15, 0.2) is 12.1 Å². The molecule has 0 unspecified atom stereocenters. The van der Waals surface area contributed by atoms with Gasteiger partial charge in [-0.15, -0.1) is 0 Å². The molecule has 1 aromatic rings. The van der Waals surface area contributed by atoms with E-state index in [4.69, 9.17) is 10.5 Å². The van der Waals surface area contributed by atoms with Crippen molar-refractivity contribution in [3.63, 3.8) is 0 Å². The Balaban J connectivity index is 1.97. The second kappa shape index (κ2) is 5.44. The van der Waals surface area contributed by atoms with Crippen molar-refractivity contribution in [2.45, 2.75) is 38.8 Å². The van der Waals surface area contributed by atoms with E-state index in [1.54, 1.807) is 6.07 Å². The number of nitrogens with zero attached hydrogens (tertiary/aromatic N) is 1. The van der Waals surface area contributed by atoms with Gasteiger partial charge in [-0.05, 0) is 30.9 Å². The Morgan fingerprint density at radius 2 is 2.22 bits per heavy atom. The maximum Gasteiger partial charge on any atom is 0.239 e. The van der Waals surface area contributed by atoms with E-state index in [0.717, 1.165) is 18.7 Å². The molecule has 0 saturated heterocycles. The van der Waals surface area contributed by atoms with Crippen LogP contribution in [0.5, 0.6) is 5.88 Å². The zero-order chi connectivity index (χ0) is 13.1. The molecule has 0 atom stereocenters. The topological polar surface area (TPSA) is 80.4 Å². The van der Waals surface area contributed by atoms with Crippen LogP contribution >= 0.6 is 0 Å². The highest BCUT2D eigenvalue weighted by Crippen LogP contribution is 2.26. The number of pyridine rings is 1. The maximum absolute atomic E-state index is 9.24. The number of rotatable bonds is 5. The van der Waals surface area contributed by atoms with E-state index in [1.165, 1.54) is 0 Å². The largest absolute Gasteiger partial charge is 0.476 e. The number of aliphatic hydroxyl groups is 1. The lowest BCUT2D eigenvalue weighted by atomic mass is 9.89. The number of nitrogens with one attached hydrogen (secondary N) is 1. The number of nitrogen functional groups attached to an aromatic ring is 1. The normalized spacial score (nSPS) is 22.7. The lowest BCUT2D eigenvalue weighted by Gasteiger charge is -2.32. The first-order valence-electron chi connectivity index (χ1n) is 6.38. The highest BCUT2D eigenvalue weighted by molar-refractivity contribution is 5.54. The van der Waals surface area contributed by atoms with E-state index < -0.39 is 0 Å². The number of nitrogens with two attached hydrogens (primary N) is 1. The summed E-state index contributed by atoms with van der Waals surface area (Å²) in [7, 11) is 0. The SMILES string of the molecule is CC(C)COc1nc(NC2CC(O)C2)ccc1N. The molecule has 1 saturated carbocycles. The van der Waals surface area contributed by atoms with E-state index in [0.29, 0.717) is 30.1 Å². The van der Waals surface area contributed by atoms with Crippen molar-refractivity contribution in [1.82, 2.24) is 4.98 Å². The van der Waals surface area contributed by atoms with Crippen molar-refractivity contribution in [2.24, 2.45) is 5.92 Å². The second-order valence-corrected chi connectivity index (χ2v) is 5.26. The van der Waals surface area contributed by atoms with Crippen LogP contribution in [0.3, 0.4) is 0 Å². The summed E-state index contributed by atoms with van der Waals surface area (Å²) < 4.78 is 5.57. The fourth-order valence-corrected chi connectivity index (χ4v) is 1.81. The minimum atomic E-state index is -0.173. The second-order valence-electron chi connectivity index (χ2n) is 5.26. The fraction of sp³-hybridized carbons (Fsp3) is 0.615. The quantitative estimate of drug-likeness (QED) is 0.741. The Morgan fingerprint density at radius 3 is 2.83 bits per heavy atom. The summed E-state index contributed by atoms with van der Waals surface area (Å²) in [6, 6.07) is 3.93. The van der Waals surface area contributed by atoms with Crippen LogP contribution < -0.4 is 15.8 Å². The van der Waals surface area contributed by atoms with Gasteiger partial charge >= 0.3 is 0 Å². The number of ether oxygens (including phenoxy) is 1. The van der Waals surface area contributed by atoms with Gasteiger partial charge in [-0.3, -0.25) is 0 Å². The summed E-state index contributed by atoms with van der Waals surface area (Å²) in [6.07, 6.45) is 1.37. The Bertz CT molecular complexity index is 403. The van der Waals surface area contributed by atoms with E-state index in [1.807, 2.05) is 6.07 Å². The molecule has 1 aromatic heterocycles. The Morgan fingerprint density at radius 1 is 1.50 bits per heavy atom. The molecule has 0 spiro atoms. The molecule has 1 aliphatic rings. The Kier molecular flexibility index (Phi) is 3.91. The number of aromatic nitrogens is 1. The first-order valence-corrected chi connectivity index (χ1v) is 6.38. The monoisotopic (exact) mass is 251 g/mol. The predicted molar refractivity (Wildman–Crippen MR) is 71.6 cm³/mol. The number of hydrogen-bond donors (Lipinski definition) is 3. The Labute approximate surface area is 107 Å². The van der Waals surface area contributed by atoms with Gasteiger partial charge in [-0.1, -0.05) is 13.8 Å². The van der Waals surface area contributed by atoms with Crippen LogP contribution in [-0.4, -0.2) is 28.8 Å². The van der Waals surface area contributed by atoms with Gasteiger partial charge in [0.2, 0.25) is 5.88 Å². The van der Waals surface area contributed by atoms with Crippen LogP contribution in [0.4, 0.5) is 11.5 Å². The Hall–Kier alpha value is -1.49. The minimum Gasteiger partial charge on any atom is -0.476 e. The van der Waals surface area contributed by atoms with E-state index in [2.05, 4.69) is 24.1 Å². The molecule has 5 heteroatoms. The fourth-order valence-electron chi connectivity index (χ4n) is 1.81. The summed E-state index contributed by atoms with van der Waals surface area (Å²) >= 11 is 0. The van der Waals surface area contributed by atoms with Crippen molar-refractivity contribution in [2.75, 3.05) is 17.7 Å². The first-order chi connectivity index (χ1) is 8.54. The van der Waals surface area contributed by atoms with Gasteiger partial charge in [0, 0.05) is 6.04 Å². The molecular weight excluding hydrogens is 230 g/mol. The summed E-state index contributed by atoms with van der Waals surface area (Å²) in [5.41, 5.74) is 6.37. The van der Waals surface area contributed by atoms with Gasteiger partial charge in [0.05, 0.1) is 18.4 Å². The molecule has 0 radical (unpaired) electrons. The number of aliphatic hydroxyl groups excluding tert-OH is 1. The van der Waals surface area contributed by atoms with Crippen molar-refractivity contribution >= 4 is 11.5 Å². The molecule has 2 rings (SSSR count). The molecule has 1 aliphatic carbocycles. The van der Waals surface area contributed by atoms with Crippen LogP contribution in [0.25, 0.3) is 0 Å². The van der Waals surface area contributed by atoms with E-state index in [9.17, 15) is 5.11 Å². The van der Waals surface area contributed by atoms with Crippen molar-refractivity contribution in [3.8, 4) is 5.88 Å². The van der Waals surface area contributed by atoms with Crippen LogP contribution in [0.1, 0.15) is 26.7 Å². The summed E-state index contributed by atoms with van der Waals surface area (Å²) in [6.45, 7) is 4.75. The number of hydrogen-bond acceptors (Lipinski definition) is 5. The number of anilines is 2. The van der Waals surface area contributed by atoms with E-state index in [-0.39, 0.29) is 6.10 Å². The molecule has 1 heterocycles. The maximum atomic E-state index is 9.24. The molecule has 5 nitrogen and oxygen atoms in total. The van der Waals surface area contributed by atoms with Crippen LogP contribution in [-0.2, 0) is 0 Å². The highest BCUT2D eigenvalue weighted by atomic mass is 16.5. The summed E-state index contributed by atoms with van der Waals surface area (Å²) in [5, 5.41) is 12.5. The smallest absolute Gasteiger partial charge is 0.239 e. The summed E-state index contributed by atoms with van der Waals surface area (Å²) in [4.78, 5) is 4.35. The third-order valence-electron chi connectivity index (χ3n) is 2.91. The zero-order valence-electron chi connectivity index (χ0n) is 10.9. The third-order valence-corrected chi connectivity index (χ3v) is 2.91. The molecule has 18 heavy (non-hydrogen) atoms. The molecule has 100 valence electrons.